The number of carbonyl (C=O) groups excluding carboxylic acids is 1. The van der Waals surface area contributed by atoms with Gasteiger partial charge in [-0.1, -0.05) is 71.4 Å². The third-order valence-electron chi connectivity index (χ3n) is 8.80. The molecule has 4 unspecified atom stereocenters. The van der Waals surface area contributed by atoms with Crippen LogP contribution in [-0.2, 0) is 12.8 Å². The second kappa shape index (κ2) is 21.1. The van der Waals surface area contributed by atoms with Crippen LogP contribution in [0.15, 0.2) is 71.9 Å². The van der Waals surface area contributed by atoms with Crippen molar-refractivity contribution in [3.8, 4) is 5.75 Å². The van der Waals surface area contributed by atoms with E-state index in [4.69, 9.17) is 33.2 Å². The maximum Gasteiger partial charge on any atom is 0.280 e. The molecular weight excluding hydrogens is 718 g/mol. The summed E-state index contributed by atoms with van der Waals surface area (Å²) < 4.78 is 6.00. The van der Waals surface area contributed by atoms with Gasteiger partial charge in [-0.25, -0.2) is 9.97 Å². The minimum absolute atomic E-state index is 0.00684. The number of carbonyl (C=O) groups is 1. The summed E-state index contributed by atoms with van der Waals surface area (Å²) in [6.45, 7) is 0.897. The average Bonchev–Trinajstić information content (AvgIpc) is 3.16. The van der Waals surface area contributed by atoms with Crippen LogP contribution in [0.1, 0.15) is 40.9 Å². The number of aliphatic hydroxyl groups is 4. The Morgan fingerprint density at radius 2 is 1.61 bits per heavy atom. The Morgan fingerprint density at radius 1 is 0.907 bits per heavy atom. The van der Waals surface area contributed by atoms with E-state index in [-0.39, 0.29) is 41.6 Å². The molecule has 0 fully saturated rings. The summed E-state index contributed by atoms with van der Waals surface area (Å²) in [4.78, 5) is 33.4. The zero-order valence-corrected chi connectivity index (χ0v) is 30.5. The molecule has 4 rings (SSSR count). The van der Waals surface area contributed by atoms with Gasteiger partial charge in [-0.15, -0.1) is 0 Å². The van der Waals surface area contributed by atoms with E-state index >= 15 is 0 Å². The van der Waals surface area contributed by atoms with Crippen molar-refractivity contribution in [2.75, 3.05) is 50.9 Å². The van der Waals surface area contributed by atoms with Crippen molar-refractivity contribution in [2.45, 2.75) is 56.5 Å². The van der Waals surface area contributed by atoms with Gasteiger partial charge in [0.1, 0.15) is 30.6 Å². The Balaban J connectivity index is 1.22. The van der Waals surface area contributed by atoms with E-state index in [0.717, 1.165) is 48.4 Å². The number of nitrogen functional groups attached to an aromatic ring is 2. The van der Waals surface area contributed by atoms with Crippen LogP contribution in [0.2, 0.25) is 5.15 Å². The first-order valence-corrected chi connectivity index (χ1v) is 18.0. The first kappa shape index (κ1) is 41.8. The number of nitrogens with two attached hydrogens (primary N) is 2. The number of rotatable bonds is 21. The van der Waals surface area contributed by atoms with Gasteiger partial charge in [0.2, 0.25) is 0 Å². The molecule has 1 amide bonds. The lowest BCUT2D eigenvalue weighted by Crippen LogP contribution is -2.49. The summed E-state index contributed by atoms with van der Waals surface area (Å²) in [7, 11) is 0. The molecule has 0 spiro atoms. The number of amides is 1. The number of nitroso groups, excluding NO2 is 1. The van der Waals surface area contributed by atoms with Gasteiger partial charge >= 0.3 is 0 Å². The van der Waals surface area contributed by atoms with Crippen molar-refractivity contribution >= 4 is 45.9 Å². The van der Waals surface area contributed by atoms with Gasteiger partial charge in [-0.3, -0.25) is 20.4 Å². The molecule has 17 heteroatoms. The summed E-state index contributed by atoms with van der Waals surface area (Å²) in [5, 5.41) is 58.3. The molecule has 1 heterocycles. The Kier molecular flexibility index (Phi) is 16.3. The second-order valence-electron chi connectivity index (χ2n) is 12.8. The molecule has 0 bridgehead atoms. The molecule has 4 aromatic rings. The van der Waals surface area contributed by atoms with E-state index in [1.807, 2.05) is 41.3 Å². The van der Waals surface area contributed by atoms with Crippen molar-refractivity contribution in [2.24, 2.45) is 5.18 Å². The third-order valence-corrected chi connectivity index (χ3v) is 9.08. The molecule has 0 aliphatic rings. The van der Waals surface area contributed by atoms with Crippen LogP contribution in [0.5, 0.6) is 5.75 Å². The largest absolute Gasteiger partial charge is 0.492 e. The fraction of sp³-hybridized carbons (Fsp3) is 0.405. The number of benzene rings is 3. The number of aromatic nitrogens is 2. The number of anilines is 2. The molecule has 0 aliphatic carbocycles. The first-order valence-electron chi connectivity index (χ1n) is 17.6. The molecule has 290 valence electrons. The predicted molar refractivity (Wildman–Crippen MR) is 207 cm³/mol. The van der Waals surface area contributed by atoms with Crippen LogP contribution in [0.25, 0.3) is 10.8 Å². The summed E-state index contributed by atoms with van der Waals surface area (Å²) in [5.74, 6) is -0.584. The zero-order chi connectivity index (χ0) is 39.0. The quantitative estimate of drug-likeness (QED) is 0.0255. The van der Waals surface area contributed by atoms with Crippen molar-refractivity contribution < 1.29 is 30.0 Å². The molecule has 16 nitrogen and oxygen atoms in total. The number of guanidine groups is 1. The normalized spacial score (nSPS) is 13.6. The highest BCUT2D eigenvalue weighted by atomic mass is 35.5. The molecule has 0 radical (unpaired) electrons. The van der Waals surface area contributed by atoms with Crippen LogP contribution in [0.4, 0.5) is 11.6 Å². The predicted octanol–water partition coefficient (Wildman–Crippen LogP) is 2.25. The highest BCUT2D eigenvalue weighted by Crippen LogP contribution is 2.19. The molecule has 0 aliphatic heterocycles. The molecular formula is C37H48ClN9O7. The summed E-state index contributed by atoms with van der Waals surface area (Å²) in [5.41, 5.74) is 13.3. The van der Waals surface area contributed by atoms with Gasteiger partial charge in [0, 0.05) is 19.6 Å². The number of hydrogen-bond donors (Lipinski definition) is 9. The summed E-state index contributed by atoms with van der Waals surface area (Å²) >= 11 is 5.82. The van der Waals surface area contributed by atoms with E-state index in [1.54, 1.807) is 0 Å². The van der Waals surface area contributed by atoms with E-state index in [0.29, 0.717) is 25.4 Å². The molecule has 0 saturated heterocycles. The third kappa shape index (κ3) is 12.6. The summed E-state index contributed by atoms with van der Waals surface area (Å²) in [6.07, 6.45) is -0.865. The van der Waals surface area contributed by atoms with E-state index in [1.165, 1.54) is 5.56 Å². The number of nitrogens with zero attached hydrogens (tertiary/aromatic N) is 4. The number of unbranched alkanes of at least 4 members (excludes halogenated alkanes) is 1. The SMILES string of the molecule is N=C(NCCCCc1ccc(OCCN(CCCc2ccc3ccccc3c2)CC(O)C(N=O)C(O)C(O)CO)cc1)NC(=O)c1nc(Cl)c(N)nc1N. The van der Waals surface area contributed by atoms with Crippen LogP contribution >= 0.6 is 11.6 Å². The van der Waals surface area contributed by atoms with Crippen LogP contribution in [-0.4, -0.2) is 111 Å². The smallest absolute Gasteiger partial charge is 0.280 e. The molecule has 11 N–H and O–H groups in total. The lowest BCUT2D eigenvalue weighted by molar-refractivity contribution is -0.0533. The number of fused-ring (bicyclic) bond motifs is 1. The zero-order valence-electron chi connectivity index (χ0n) is 29.8. The van der Waals surface area contributed by atoms with Crippen molar-refractivity contribution in [1.29, 1.82) is 5.41 Å². The fourth-order valence-electron chi connectivity index (χ4n) is 5.80. The topological polar surface area (TPSA) is 266 Å². The Bertz CT molecular complexity index is 1840. The first-order chi connectivity index (χ1) is 26.0. The standard InChI is InChI=1S/C37H48ClN9O7/c38-33-35(40)44-34(39)31(43-33)36(52)45-37(41)42-16-4-3-6-23-11-14-27(15-12-23)54-19-18-47(21-28(49)30(46-53)32(51)29(50)22-48)17-5-7-24-10-13-25-8-1-2-9-26(25)20-24/h1-2,8-15,20,28-30,32,48-51H,3-7,16-19,21-22H2,(H4,39,40,44)(H3,41,42,45,52). The van der Waals surface area contributed by atoms with Crippen molar-refractivity contribution in [3.63, 3.8) is 0 Å². The van der Waals surface area contributed by atoms with E-state index < -0.39 is 36.9 Å². The Hall–Kier alpha value is -4.97. The maximum absolute atomic E-state index is 12.4. The van der Waals surface area contributed by atoms with Gasteiger partial charge in [0.15, 0.2) is 28.4 Å². The Morgan fingerprint density at radius 3 is 2.33 bits per heavy atom. The van der Waals surface area contributed by atoms with Crippen LogP contribution in [0.3, 0.4) is 0 Å². The number of aliphatic hydroxyl groups excluding tert-OH is 4. The van der Waals surface area contributed by atoms with Crippen LogP contribution < -0.4 is 26.8 Å². The minimum Gasteiger partial charge on any atom is -0.492 e. The highest BCUT2D eigenvalue weighted by molar-refractivity contribution is 6.31. The van der Waals surface area contributed by atoms with E-state index in [9.17, 15) is 30.1 Å². The molecule has 54 heavy (non-hydrogen) atoms. The van der Waals surface area contributed by atoms with Crippen LogP contribution in [0, 0.1) is 10.3 Å². The molecule has 1 aromatic heterocycles. The molecule has 3 aromatic carbocycles. The lowest BCUT2D eigenvalue weighted by Gasteiger charge is -2.29. The molecule has 4 atom stereocenters. The number of halogens is 1. The van der Waals surface area contributed by atoms with Gasteiger partial charge in [0.05, 0.1) is 12.7 Å². The second-order valence-corrected chi connectivity index (χ2v) is 13.2. The fourth-order valence-corrected chi connectivity index (χ4v) is 5.93. The Labute approximate surface area is 318 Å². The lowest BCUT2D eigenvalue weighted by atomic mass is 10.0. The molecule has 0 saturated carbocycles. The van der Waals surface area contributed by atoms with E-state index in [2.05, 4.69) is 56.1 Å². The highest BCUT2D eigenvalue weighted by Gasteiger charge is 2.34. The monoisotopic (exact) mass is 765 g/mol. The van der Waals surface area contributed by atoms with Gasteiger partial charge in [-0.2, -0.15) is 4.91 Å². The van der Waals surface area contributed by atoms with Crippen molar-refractivity contribution in [3.05, 3.63) is 93.6 Å². The van der Waals surface area contributed by atoms with Crippen molar-refractivity contribution in [1.82, 2.24) is 25.5 Å². The maximum atomic E-state index is 12.4. The number of aryl methyl sites for hydroxylation is 2. The average molecular weight is 766 g/mol. The number of ether oxygens (including phenoxy) is 1. The number of nitrogens with one attached hydrogen (secondary N) is 3. The van der Waals surface area contributed by atoms with Gasteiger partial charge in [-0.05, 0) is 72.7 Å². The minimum atomic E-state index is -1.72. The summed E-state index contributed by atoms with van der Waals surface area (Å²) in [6, 6.07) is 20.6. The number of hydrogen-bond acceptors (Lipinski definition) is 14. The van der Waals surface area contributed by atoms with Gasteiger partial charge in [0.25, 0.3) is 5.91 Å². The van der Waals surface area contributed by atoms with Gasteiger partial charge < -0.3 is 41.9 Å².